The summed E-state index contributed by atoms with van der Waals surface area (Å²) in [6.07, 6.45) is 5.78. The number of carbonyl (C=O) groups excluding carboxylic acids is 2. The van der Waals surface area contributed by atoms with E-state index < -0.39 is 5.54 Å². The van der Waals surface area contributed by atoms with Gasteiger partial charge in [-0.05, 0) is 25.8 Å². The number of nitrogens with zero attached hydrogens (tertiary/aromatic N) is 1. The van der Waals surface area contributed by atoms with E-state index in [-0.39, 0.29) is 18.0 Å². The molecule has 2 N–H and O–H groups in total. The number of hydrogen-bond donors (Lipinski definition) is 2. The fourth-order valence-electron chi connectivity index (χ4n) is 3.33. The first kappa shape index (κ1) is 11.0. The first-order valence-electron chi connectivity index (χ1n) is 6.59. The minimum absolute atomic E-state index is 0.0240. The highest BCUT2D eigenvalue weighted by Gasteiger charge is 2.53. The second-order valence-electron chi connectivity index (χ2n) is 5.39. The SMILES string of the molecule is O=C1NC2(CCCCC2)C(=O)N1C1CCNC1. The zero-order valence-corrected chi connectivity index (χ0v) is 10.00. The number of amides is 3. The third kappa shape index (κ3) is 1.64. The Bertz CT molecular complexity index is 344. The molecular formula is C12H19N3O2. The van der Waals surface area contributed by atoms with Crippen LogP contribution in [0.25, 0.3) is 0 Å². The summed E-state index contributed by atoms with van der Waals surface area (Å²) in [7, 11) is 0. The summed E-state index contributed by atoms with van der Waals surface area (Å²) in [6, 6.07) is -0.116. The highest BCUT2D eigenvalue weighted by atomic mass is 16.2. The van der Waals surface area contributed by atoms with E-state index >= 15 is 0 Å². The van der Waals surface area contributed by atoms with Gasteiger partial charge in [-0.1, -0.05) is 19.3 Å². The molecule has 17 heavy (non-hydrogen) atoms. The van der Waals surface area contributed by atoms with Gasteiger partial charge in [-0.25, -0.2) is 4.79 Å². The van der Waals surface area contributed by atoms with Crippen molar-refractivity contribution in [3.8, 4) is 0 Å². The van der Waals surface area contributed by atoms with Crippen LogP contribution in [0.3, 0.4) is 0 Å². The predicted molar refractivity (Wildman–Crippen MR) is 62.5 cm³/mol. The van der Waals surface area contributed by atoms with Gasteiger partial charge in [0.15, 0.2) is 0 Å². The molecule has 3 amide bonds. The molecule has 2 saturated heterocycles. The summed E-state index contributed by atoms with van der Waals surface area (Å²) < 4.78 is 0. The monoisotopic (exact) mass is 237 g/mol. The smallest absolute Gasteiger partial charge is 0.323 e. The molecular weight excluding hydrogens is 218 g/mol. The van der Waals surface area contributed by atoms with Crippen molar-refractivity contribution in [1.29, 1.82) is 0 Å². The first-order valence-corrected chi connectivity index (χ1v) is 6.59. The maximum absolute atomic E-state index is 12.5. The first-order chi connectivity index (χ1) is 8.23. The Morgan fingerprint density at radius 3 is 2.59 bits per heavy atom. The third-order valence-electron chi connectivity index (χ3n) is 4.30. The van der Waals surface area contributed by atoms with Crippen molar-refractivity contribution in [3.63, 3.8) is 0 Å². The standard InChI is InChI=1S/C12H19N3O2/c16-10-12(5-2-1-3-6-12)14-11(17)15(10)9-4-7-13-8-9/h9,13H,1-8H2,(H,14,17). The topological polar surface area (TPSA) is 61.4 Å². The molecule has 1 unspecified atom stereocenters. The number of urea groups is 1. The summed E-state index contributed by atoms with van der Waals surface area (Å²) in [4.78, 5) is 26.0. The molecule has 1 saturated carbocycles. The van der Waals surface area contributed by atoms with Gasteiger partial charge < -0.3 is 10.6 Å². The van der Waals surface area contributed by atoms with Crippen molar-refractivity contribution in [2.45, 2.75) is 50.1 Å². The third-order valence-corrected chi connectivity index (χ3v) is 4.30. The van der Waals surface area contributed by atoms with Gasteiger partial charge in [-0.2, -0.15) is 0 Å². The van der Waals surface area contributed by atoms with Crippen LogP contribution in [-0.2, 0) is 4.79 Å². The minimum Gasteiger partial charge on any atom is -0.323 e. The molecule has 0 aromatic heterocycles. The van der Waals surface area contributed by atoms with E-state index in [1.165, 1.54) is 11.3 Å². The van der Waals surface area contributed by atoms with Crippen LogP contribution in [0.1, 0.15) is 38.5 Å². The van der Waals surface area contributed by atoms with Gasteiger partial charge in [0.25, 0.3) is 5.91 Å². The van der Waals surface area contributed by atoms with E-state index in [1.807, 2.05) is 0 Å². The zero-order chi connectivity index (χ0) is 11.9. The lowest BCUT2D eigenvalue weighted by atomic mass is 9.81. The van der Waals surface area contributed by atoms with Gasteiger partial charge in [-0.15, -0.1) is 0 Å². The molecule has 2 aliphatic heterocycles. The normalized spacial score (nSPS) is 32.2. The van der Waals surface area contributed by atoms with Gasteiger partial charge in [0.05, 0.1) is 6.04 Å². The van der Waals surface area contributed by atoms with E-state index in [1.54, 1.807) is 0 Å². The van der Waals surface area contributed by atoms with Crippen LogP contribution >= 0.6 is 0 Å². The van der Waals surface area contributed by atoms with Crippen LogP contribution < -0.4 is 10.6 Å². The van der Waals surface area contributed by atoms with Crippen molar-refractivity contribution in [2.24, 2.45) is 0 Å². The predicted octanol–water partition coefficient (Wildman–Crippen LogP) is 0.603. The molecule has 0 radical (unpaired) electrons. The maximum Gasteiger partial charge on any atom is 0.325 e. The zero-order valence-electron chi connectivity index (χ0n) is 10.00. The number of hydrogen-bond acceptors (Lipinski definition) is 3. The highest BCUT2D eigenvalue weighted by Crippen LogP contribution is 2.34. The molecule has 1 spiro atoms. The Morgan fingerprint density at radius 2 is 1.94 bits per heavy atom. The van der Waals surface area contributed by atoms with Crippen molar-refractivity contribution >= 4 is 11.9 Å². The van der Waals surface area contributed by atoms with Crippen LogP contribution in [0.15, 0.2) is 0 Å². The molecule has 0 bridgehead atoms. The summed E-state index contributed by atoms with van der Waals surface area (Å²) in [5.41, 5.74) is -0.558. The van der Waals surface area contributed by atoms with Crippen LogP contribution in [-0.4, -0.2) is 41.5 Å². The molecule has 2 heterocycles. The molecule has 3 aliphatic rings. The molecule has 5 heteroatoms. The molecule has 0 aromatic rings. The number of imide groups is 1. The fourth-order valence-corrected chi connectivity index (χ4v) is 3.33. The lowest BCUT2D eigenvalue weighted by molar-refractivity contribution is -0.133. The second kappa shape index (κ2) is 3.98. The second-order valence-corrected chi connectivity index (χ2v) is 5.39. The molecule has 3 rings (SSSR count). The van der Waals surface area contributed by atoms with E-state index in [0.29, 0.717) is 0 Å². The number of nitrogens with one attached hydrogen (secondary N) is 2. The molecule has 94 valence electrons. The average molecular weight is 237 g/mol. The summed E-state index contributed by atoms with van der Waals surface area (Å²) in [5, 5.41) is 6.16. The summed E-state index contributed by atoms with van der Waals surface area (Å²) in [6.45, 7) is 1.64. The van der Waals surface area contributed by atoms with Crippen LogP contribution in [0, 0.1) is 0 Å². The van der Waals surface area contributed by atoms with Crippen LogP contribution in [0.2, 0.25) is 0 Å². The summed E-state index contributed by atoms with van der Waals surface area (Å²) in [5.74, 6) is 0.0240. The van der Waals surface area contributed by atoms with E-state index in [9.17, 15) is 9.59 Å². The van der Waals surface area contributed by atoms with Crippen molar-refractivity contribution in [1.82, 2.24) is 15.5 Å². The van der Waals surface area contributed by atoms with Gasteiger partial charge >= 0.3 is 6.03 Å². The van der Waals surface area contributed by atoms with Gasteiger partial charge in [0.2, 0.25) is 0 Å². The Hall–Kier alpha value is -1.10. The Balaban J connectivity index is 1.82. The Labute approximate surface area is 101 Å². The fraction of sp³-hybridized carbons (Fsp3) is 0.833. The minimum atomic E-state index is -0.558. The summed E-state index contributed by atoms with van der Waals surface area (Å²) >= 11 is 0. The van der Waals surface area contributed by atoms with Gasteiger partial charge in [0.1, 0.15) is 5.54 Å². The molecule has 0 aromatic carbocycles. The largest absolute Gasteiger partial charge is 0.325 e. The molecule has 5 nitrogen and oxygen atoms in total. The number of carbonyl (C=O) groups is 2. The lowest BCUT2D eigenvalue weighted by Crippen LogP contribution is -2.49. The van der Waals surface area contributed by atoms with Crippen molar-refractivity contribution < 1.29 is 9.59 Å². The molecule has 1 atom stereocenters. The average Bonchev–Trinajstić information content (AvgIpc) is 2.90. The van der Waals surface area contributed by atoms with Gasteiger partial charge in [-0.3, -0.25) is 9.69 Å². The molecule has 1 aliphatic carbocycles. The van der Waals surface area contributed by atoms with Crippen LogP contribution in [0.4, 0.5) is 4.79 Å². The van der Waals surface area contributed by atoms with E-state index in [4.69, 9.17) is 0 Å². The van der Waals surface area contributed by atoms with E-state index in [0.717, 1.165) is 45.2 Å². The maximum atomic E-state index is 12.5. The highest BCUT2D eigenvalue weighted by molar-refractivity contribution is 6.07. The Morgan fingerprint density at radius 1 is 1.18 bits per heavy atom. The van der Waals surface area contributed by atoms with E-state index in [2.05, 4.69) is 10.6 Å². The number of rotatable bonds is 1. The van der Waals surface area contributed by atoms with Crippen molar-refractivity contribution in [3.05, 3.63) is 0 Å². The van der Waals surface area contributed by atoms with Gasteiger partial charge in [0, 0.05) is 6.54 Å². The lowest BCUT2D eigenvalue weighted by Gasteiger charge is -2.31. The molecule has 3 fully saturated rings. The van der Waals surface area contributed by atoms with Crippen molar-refractivity contribution in [2.75, 3.05) is 13.1 Å². The quantitative estimate of drug-likeness (QED) is 0.657. The van der Waals surface area contributed by atoms with Crippen LogP contribution in [0.5, 0.6) is 0 Å². The Kier molecular flexibility index (Phi) is 2.58.